The Morgan fingerprint density at radius 2 is 2.00 bits per heavy atom. The zero-order valence-corrected chi connectivity index (χ0v) is 12.9. The fourth-order valence-corrected chi connectivity index (χ4v) is 2.04. The van der Waals surface area contributed by atoms with Crippen LogP contribution in [0.2, 0.25) is 0 Å². The number of hydrogen-bond acceptors (Lipinski definition) is 7. The van der Waals surface area contributed by atoms with E-state index in [2.05, 4.69) is 5.32 Å². The fourth-order valence-electron chi connectivity index (χ4n) is 1.60. The highest BCUT2D eigenvalue weighted by Crippen LogP contribution is 2.28. The van der Waals surface area contributed by atoms with Crippen LogP contribution in [0.25, 0.3) is 0 Å². The predicted octanol–water partition coefficient (Wildman–Crippen LogP) is 1.72. The molecule has 0 aliphatic carbocycles. The molecule has 1 aromatic carbocycles. The molecule has 0 spiro atoms. The second kappa shape index (κ2) is 10.4. The summed E-state index contributed by atoms with van der Waals surface area (Å²) < 4.78 is 10.5. The summed E-state index contributed by atoms with van der Waals surface area (Å²) in [7, 11) is 0. The average molecular weight is 315 g/mol. The minimum Gasteiger partial charge on any atom is -0.378 e. The molecule has 21 heavy (non-hydrogen) atoms. The number of thioether (sulfide) groups is 1. The zero-order chi connectivity index (χ0) is 15.5. The Morgan fingerprint density at radius 1 is 1.29 bits per heavy atom. The van der Waals surface area contributed by atoms with Gasteiger partial charge in [0.15, 0.2) is 0 Å². The molecular formula is C13H21N3O4S. The van der Waals surface area contributed by atoms with Gasteiger partial charge in [-0.05, 0) is 18.4 Å². The lowest BCUT2D eigenvalue weighted by Gasteiger charge is -2.09. The van der Waals surface area contributed by atoms with Gasteiger partial charge in [0.05, 0.1) is 31.4 Å². The van der Waals surface area contributed by atoms with Crippen molar-refractivity contribution in [2.75, 3.05) is 51.1 Å². The third kappa shape index (κ3) is 6.76. The van der Waals surface area contributed by atoms with Crippen LogP contribution in [0.1, 0.15) is 0 Å². The van der Waals surface area contributed by atoms with Crippen LogP contribution < -0.4 is 11.1 Å². The Kier molecular flexibility index (Phi) is 8.76. The molecule has 0 atom stereocenters. The van der Waals surface area contributed by atoms with Crippen molar-refractivity contribution in [2.24, 2.45) is 5.73 Å². The number of hydrogen-bond donors (Lipinski definition) is 2. The van der Waals surface area contributed by atoms with Crippen molar-refractivity contribution < 1.29 is 14.4 Å². The first-order valence-corrected chi connectivity index (χ1v) is 7.83. The largest absolute Gasteiger partial charge is 0.378 e. The van der Waals surface area contributed by atoms with Gasteiger partial charge in [0, 0.05) is 24.1 Å². The SMILES string of the molecule is CSc1ccc(NCCOCCOCCN)c([N+](=O)[O-])c1. The highest BCUT2D eigenvalue weighted by atomic mass is 32.2. The zero-order valence-electron chi connectivity index (χ0n) is 12.0. The molecule has 118 valence electrons. The van der Waals surface area contributed by atoms with E-state index in [4.69, 9.17) is 15.2 Å². The van der Waals surface area contributed by atoms with E-state index in [0.29, 0.717) is 45.2 Å². The monoisotopic (exact) mass is 315 g/mol. The minimum absolute atomic E-state index is 0.0770. The minimum atomic E-state index is -0.385. The Bertz CT molecular complexity index is 445. The lowest BCUT2D eigenvalue weighted by Crippen LogP contribution is -2.15. The van der Waals surface area contributed by atoms with Crippen molar-refractivity contribution in [2.45, 2.75) is 4.90 Å². The molecule has 0 amide bonds. The van der Waals surface area contributed by atoms with Crippen LogP contribution in [-0.4, -0.2) is 50.7 Å². The van der Waals surface area contributed by atoms with Gasteiger partial charge in [-0.2, -0.15) is 0 Å². The topological polar surface area (TPSA) is 99.7 Å². The molecule has 1 aromatic rings. The Labute approximate surface area is 128 Å². The molecule has 3 N–H and O–H groups in total. The normalized spacial score (nSPS) is 10.6. The van der Waals surface area contributed by atoms with Gasteiger partial charge >= 0.3 is 0 Å². The van der Waals surface area contributed by atoms with Crippen molar-refractivity contribution >= 4 is 23.1 Å². The van der Waals surface area contributed by atoms with Crippen LogP contribution in [0.3, 0.4) is 0 Å². The number of benzene rings is 1. The van der Waals surface area contributed by atoms with Crippen molar-refractivity contribution in [3.05, 3.63) is 28.3 Å². The molecule has 0 aliphatic heterocycles. The van der Waals surface area contributed by atoms with Crippen LogP contribution in [0.5, 0.6) is 0 Å². The number of nitrogens with two attached hydrogens (primary N) is 1. The van der Waals surface area contributed by atoms with Crippen molar-refractivity contribution in [3.63, 3.8) is 0 Å². The third-order valence-corrected chi connectivity index (χ3v) is 3.32. The standard InChI is InChI=1S/C13H21N3O4S/c1-21-11-2-3-12(13(10-11)16(17)18)15-5-7-20-9-8-19-6-4-14/h2-3,10,15H,4-9,14H2,1H3. The highest BCUT2D eigenvalue weighted by Gasteiger charge is 2.13. The Morgan fingerprint density at radius 3 is 2.62 bits per heavy atom. The van der Waals surface area contributed by atoms with Gasteiger partial charge in [-0.3, -0.25) is 10.1 Å². The molecule has 0 unspecified atom stereocenters. The summed E-state index contributed by atoms with van der Waals surface area (Å²) in [5.41, 5.74) is 5.86. The van der Waals surface area contributed by atoms with Crippen LogP contribution in [0.15, 0.2) is 23.1 Å². The van der Waals surface area contributed by atoms with E-state index < -0.39 is 0 Å². The maximum atomic E-state index is 11.0. The summed E-state index contributed by atoms with van der Waals surface area (Å²) in [6.07, 6.45) is 1.88. The molecule has 0 radical (unpaired) electrons. The van der Waals surface area contributed by atoms with Crippen molar-refractivity contribution in [1.29, 1.82) is 0 Å². The summed E-state index contributed by atoms with van der Waals surface area (Å²) in [4.78, 5) is 11.5. The summed E-state index contributed by atoms with van der Waals surface area (Å²) in [6, 6.07) is 5.13. The highest BCUT2D eigenvalue weighted by molar-refractivity contribution is 7.98. The van der Waals surface area contributed by atoms with Crippen LogP contribution >= 0.6 is 11.8 Å². The molecule has 0 saturated heterocycles. The van der Waals surface area contributed by atoms with E-state index in [1.807, 2.05) is 12.3 Å². The summed E-state index contributed by atoms with van der Waals surface area (Å²) in [5, 5.41) is 14.0. The second-order valence-electron chi connectivity index (χ2n) is 4.08. The first kappa shape index (κ1) is 17.7. The van der Waals surface area contributed by atoms with Crippen molar-refractivity contribution in [3.8, 4) is 0 Å². The summed E-state index contributed by atoms with van der Waals surface area (Å²) >= 11 is 1.47. The maximum absolute atomic E-state index is 11.0. The number of rotatable bonds is 11. The van der Waals surface area contributed by atoms with Gasteiger partial charge < -0.3 is 20.5 Å². The lowest BCUT2D eigenvalue weighted by molar-refractivity contribution is -0.384. The van der Waals surface area contributed by atoms with E-state index in [1.165, 1.54) is 11.8 Å². The Balaban J connectivity index is 2.33. The molecule has 1 rings (SSSR count). The number of nitrogens with one attached hydrogen (secondary N) is 1. The number of nitro benzene ring substituents is 1. The third-order valence-electron chi connectivity index (χ3n) is 2.60. The van der Waals surface area contributed by atoms with E-state index in [0.717, 1.165) is 4.90 Å². The number of ether oxygens (including phenoxy) is 2. The smallest absolute Gasteiger partial charge is 0.293 e. The molecule has 0 aliphatic rings. The first-order chi connectivity index (χ1) is 10.2. The lowest BCUT2D eigenvalue weighted by atomic mass is 10.2. The quantitative estimate of drug-likeness (QED) is 0.277. The van der Waals surface area contributed by atoms with E-state index >= 15 is 0 Å². The maximum Gasteiger partial charge on any atom is 0.293 e. The van der Waals surface area contributed by atoms with Crippen LogP contribution in [-0.2, 0) is 9.47 Å². The predicted molar refractivity (Wildman–Crippen MR) is 84.1 cm³/mol. The summed E-state index contributed by atoms with van der Waals surface area (Å²) in [6.45, 7) is 2.95. The van der Waals surface area contributed by atoms with Gasteiger partial charge in [-0.25, -0.2) is 0 Å². The van der Waals surface area contributed by atoms with Crippen molar-refractivity contribution in [1.82, 2.24) is 0 Å². The fraction of sp³-hybridized carbons (Fsp3) is 0.538. The average Bonchev–Trinajstić information content (AvgIpc) is 2.49. The second-order valence-corrected chi connectivity index (χ2v) is 4.96. The molecular weight excluding hydrogens is 294 g/mol. The van der Waals surface area contributed by atoms with Crippen LogP contribution in [0, 0.1) is 10.1 Å². The molecule has 0 bridgehead atoms. The number of nitrogens with zero attached hydrogens (tertiary/aromatic N) is 1. The van der Waals surface area contributed by atoms with Gasteiger partial charge in [0.25, 0.3) is 5.69 Å². The van der Waals surface area contributed by atoms with E-state index in [-0.39, 0.29) is 10.6 Å². The molecule has 0 aromatic heterocycles. The van der Waals surface area contributed by atoms with Gasteiger partial charge in [-0.1, -0.05) is 0 Å². The molecule has 7 nitrogen and oxygen atoms in total. The Hall–Kier alpha value is -1.35. The summed E-state index contributed by atoms with van der Waals surface area (Å²) in [5.74, 6) is 0. The van der Waals surface area contributed by atoms with Gasteiger partial charge in [0.1, 0.15) is 5.69 Å². The number of anilines is 1. The van der Waals surface area contributed by atoms with Gasteiger partial charge in [-0.15, -0.1) is 11.8 Å². The van der Waals surface area contributed by atoms with Crippen LogP contribution in [0.4, 0.5) is 11.4 Å². The van der Waals surface area contributed by atoms with Gasteiger partial charge in [0.2, 0.25) is 0 Å². The first-order valence-electron chi connectivity index (χ1n) is 6.61. The molecule has 8 heteroatoms. The molecule has 0 fully saturated rings. The molecule has 0 heterocycles. The number of nitro groups is 1. The molecule has 0 saturated carbocycles. The van der Waals surface area contributed by atoms with E-state index in [1.54, 1.807) is 12.1 Å². The van der Waals surface area contributed by atoms with E-state index in [9.17, 15) is 10.1 Å².